The fourth-order valence-corrected chi connectivity index (χ4v) is 2.82. The Morgan fingerprint density at radius 1 is 0.750 bits per heavy atom. The van der Waals surface area contributed by atoms with Gasteiger partial charge in [-0.2, -0.15) is 0 Å². The molecular weight excluding hydrogens is 248 g/mol. The average Bonchev–Trinajstić information content (AvgIpc) is 2.44. The zero-order valence-corrected chi connectivity index (χ0v) is 13.8. The second-order valence-corrected chi connectivity index (χ2v) is 6.15. The normalized spacial score (nSPS) is 11.2. The van der Waals surface area contributed by atoms with Gasteiger partial charge in [0.15, 0.2) is 0 Å². The van der Waals surface area contributed by atoms with Crippen molar-refractivity contribution in [3.63, 3.8) is 0 Å². The number of hydrogen-bond donors (Lipinski definition) is 1. The van der Waals surface area contributed by atoms with Gasteiger partial charge in [-0.25, -0.2) is 0 Å². The number of carboxylic acids is 1. The van der Waals surface area contributed by atoms with E-state index in [0.29, 0.717) is 6.42 Å². The van der Waals surface area contributed by atoms with Gasteiger partial charge in [0.25, 0.3) is 0 Å². The highest BCUT2D eigenvalue weighted by molar-refractivity contribution is 5.66. The van der Waals surface area contributed by atoms with Crippen LogP contribution in [0.4, 0.5) is 0 Å². The molecule has 0 spiro atoms. The van der Waals surface area contributed by atoms with Crippen molar-refractivity contribution in [2.24, 2.45) is 5.92 Å². The third kappa shape index (κ3) is 13.9. The summed E-state index contributed by atoms with van der Waals surface area (Å²) in [6, 6.07) is 0. The van der Waals surface area contributed by atoms with E-state index in [0.717, 1.165) is 18.8 Å². The average molecular weight is 284 g/mol. The molecule has 1 N–H and O–H groups in total. The van der Waals surface area contributed by atoms with Crippen LogP contribution in [-0.4, -0.2) is 11.1 Å². The summed E-state index contributed by atoms with van der Waals surface area (Å²) < 4.78 is 0. The van der Waals surface area contributed by atoms with Crippen LogP contribution in [0, 0.1) is 5.92 Å². The predicted molar refractivity (Wildman–Crippen MR) is 87.1 cm³/mol. The zero-order chi connectivity index (χ0) is 15.1. The number of hydrogen-bond acceptors (Lipinski definition) is 1. The summed E-state index contributed by atoms with van der Waals surface area (Å²) in [5, 5.41) is 8.52. The molecule has 0 radical (unpaired) electrons. The first-order chi connectivity index (χ1) is 9.70. The molecule has 20 heavy (non-hydrogen) atoms. The molecule has 0 saturated heterocycles. The smallest absolute Gasteiger partial charge is 0.303 e. The molecule has 2 heteroatoms. The van der Waals surface area contributed by atoms with Crippen LogP contribution in [0.3, 0.4) is 0 Å². The molecule has 0 aliphatic rings. The number of carbonyl (C=O) groups is 1. The largest absolute Gasteiger partial charge is 0.481 e. The Kier molecular flexibility index (Phi) is 14.5. The fourth-order valence-electron chi connectivity index (χ4n) is 2.82. The molecule has 0 aromatic carbocycles. The Bertz CT molecular complexity index is 209. The summed E-state index contributed by atoms with van der Waals surface area (Å²) in [4.78, 5) is 10.3. The second-order valence-electron chi connectivity index (χ2n) is 6.15. The second kappa shape index (κ2) is 14.9. The fraction of sp³-hybridized carbons (Fsp3) is 0.944. The number of rotatable bonds is 15. The van der Waals surface area contributed by atoms with E-state index in [4.69, 9.17) is 5.11 Å². The minimum absolute atomic E-state index is 0.344. The summed E-state index contributed by atoms with van der Waals surface area (Å²) in [6.45, 7) is 4.62. The lowest BCUT2D eigenvalue weighted by molar-refractivity contribution is -0.137. The highest BCUT2D eigenvalue weighted by Gasteiger charge is 2.02. The molecule has 0 amide bonds. The van der Waals surface area contributed by atoms with E-state index in [9.17, 15) is 4.79 Å². The van der Waals surface area contributed by atoms with Gasteiger partial charge in [0, 0.05) is 6.42 Å². The Balaban J connectivity index is 3.08. The summed E-state index contributed by atoms with van der Waals surface area (Å²) in [7, 11) is 0. The summed E-state index contributed by atoms with van der Waals surface area (Å²) in [5.74, 6) is 0.305. The molecule has 0 rings (SSSR count). The summed E-state index contributed by atoms with van der Waals surface area (Å²) in [5.41, 5.74) is 0. The lowest BCUT2D eigenvalue weighted by atomic mass is 9.95. The predicted octanol–water partition coefficient (Wildman–Crippen LogP) is 6.19. The van der Waals surface area contributed by atoms with Crippen LogP contribution in [0.15, 0.2) is 0 Å². The topological polar surface area (TPSA) is 37.3 Å². The van der Waals surface area contributed by atoms with Crippen LogP contribution in [0.2, 0.25) is 0 Å². The Hall–Kier alpha value is -0.530. The van der Waals surface area contributed by atoms with Gasteiger partial charge in [0.05, 0.1) is 0 Å². The van der Waals surface area contributed by atoms with Gasteiger partial charge in [-0.15, -0.1) is 0 Å². The Morgan fingerprint density at radius 2 is 1.15 bits per heavy atom. The van der Waals surface area contributed by atoms with Crippen molar-refractivity contribution in [3.8, 4) is 0 Å². The molecule has 0 heterocycles. The highest BCUT2D eigenvalue weighted by atomic mass is 16.4. The molecule has 0 unspecified atom stereocenters. The maximum atomic E-state index is 10.3. The van der Waals surface area contributed by atoms with Crippen LogP contribution < -0.4 is 0 Å². The first kappa shape index (κ1) is 19.5. The minimum Gasteiger partial charge on any atom is -0.481 e. The number of aliphatic carboxylic acids is 1. The van der Waals surface area contributed by atoms with Gasteiger partial charge in [-0.05, 0) is 12.3 Å². The van der Waals surface area contributed by atoms with Crippen molar-refractivity contribution in [1.29, 1.82) is 0 Å². The molecule has 0 aromatic heterocycles. The quantitative estimate of drug-likeness (QED) is 0.364. The molecule has 0 bridgehead atoms. The SMILES string of the molecule is CCC(CC)CCCCCCCCCCCCC(=O)O. The third-order valence-corrected chi connectivity index (χ3v) is 4.41. The molecule has 0 aromatic rings. The molecular formula is C18H36O2. The van der Waals surface area contributed by atoms with Crippen molar-refractivity contribution >= 4 is 5.97 Å². The van der Waals surface area contributed by atoms with Gasteiger partial charge in [-0.1, -0.05) is 90.9 Å². The maximum absolute atomic E-state index is 10.3. The maximum Gasteiger partial charge on any atom is 0.303 e. The Morgan fingerprint density at radius 3 is 1.55 bits per heavy atom. The molecule has 120 valence electrons. The van der Waals surface area contributed by atoms with E-state index in [-0.39, 0.29) is 0 Å². The van der Waals surface area contributed by atoms with Gasteiger partial charge >= 0.3 is 5.97 Å². The highest BCUT2D eigenvalue weighted by Crippen LogP contribution is 2.18. The first-order valence-corrected chi connectivity index (χ1v) is 8.92. The van der Waals surface area contributed by atoms with E-state index in [1.807, 2.05) is 0 Å². The van der Waals surface area contributed by atoms with E-state index in [1.54, 1.807) is 0 Å². The third-order valence-electron chi connectivity index (χ3n) is 4.41. The first-order valence-electron chi connectivity index (χ1n) is 8.92. The minimum atomic E-state index is -0.654. The van der Waals surface area contributed by atoms with Crippen LogP contribution in [0.5, 0.6) is 0 Å². The molecule has 2 nitrogen and oxygen atoms in total. The van der Waals surface area contributed by atoms with E-state index >= 15 is 0 Å². The lowest BCUT2D eigenvalue weighted by Crippen LogP contribution is -1.96. The summed E-state index contributed by atoms with van der Waals surface area (Å²) in [6.07, 6.45) is 17.2. The Labute approximate surface area is 126 Å². The number of carboxylic acid groups (broad SMARTS) is 1. The van der Waals surface area contributed by atoms with E-state index in [2.05, 4.69) is 13.8 Å². The van der Waals surface area contributed by atoms with Gasteiger partial charge in [0.1, 0.15) is 0 Å². The monoisotopic (exact) mass is 284 g/mol. The summed E-state index contributed by atoms with van der Waals surface area (Å²) >= 11 is 0. The van der Waals surface area contributed by atoms with Crippen LogP contribution in [0.25, 0.3) is 0 Å². The van der Waals surface area contributed by atoms with Crippen LogP contribution in [0.1, 0.15) is 104 Å². The molecule has 0 atom stereocenters. The van der Waals surface area contributed by atoms with Crippen LogP contribution in [-0.2, 0) is 4.79 Å². The van der Waals surface area contributed by atoms with Crippen molar-refractivity contribution in [3.05, 3.63) is 0 Å². The zero-order valence-electron chi connectivity index (χ0n) is 13.8. The standard InChI is InChI=1S/C18H36O2/c1-3-17(4-2)15-13-11-9-7-5-6-8-10-12-14-16-18(19)20/h17H,3-16H2,1-2H3,(H,19,20). The van der Waals surface area contributed by atoms with Crippen molar-refractivity contribution in [1.82, 2.24) is 0 Å². The van der Waals surface area contributed by atoms with Crippen LogP contribution >= 0.6 is 0 Å². The molecule has 0 saturated carbocycles. The van der Waals surface area contributed by atoms with Gasteiger partial charge in [-0.3, -0.25) is 4.79 Å². The van der Waals surface area contributed by atoms with Gasteiger partial charge in [0.2, 0.25) is 0 Å². The van der Waals surface area contributed by atoms with Gasteiger partial charge < -0.3 is 5.11 Å². The molecule has 0 fully saturated rings. The van der Waals surface area contributed by atoms with Crippen molar-refractivity contribution < 1.29 is 9.90 Å². The lowest BCUT2D eigenvalue weighted by Gasteiger charge is -2.11. The van der Waals surface area contributed by atoms with E-state index in [1.165, 1.54) is 70.6 Å². The van der Waals surface area contributed by atoms with E-state index < -0.39 is 5.97 Å². The molecule has 0 aliphatic heterocycles. The van der Waals surface area contributed by atoms with Crippen molar-refractivity contribution in [2.75, 3.05) is 0 Å². The molecule has 0 aliphatic carbocycles. The number of unbranched alkanes of at least 4 members (excludes halogenated alkanes) is 9. The van der Waals surface area contributed by atoms with Crippen molar-refractivity contribution in [2.45, 2.75) is 104 Å².